The smallest absolute Gasteiger partial charge is 0.151 e. The van der Waals surface area contributed by atoms with Crippen molar-refractivity contribution in [3.8, 4) is 0 Å². The fraction of sp³-hybridized carbons (Fsp3) is 0.500. The summed E-state index contributed by atoms with van der Waals surface area (Å²) in [6.45, 7) is 2.01. The molecule has 3 nitrogen and oxygen atoms in total. The fourth-order valence-corrected chi connectivity index (χ4v) is 4.18. The lowest BCUT2D eigenvalue weighted by Crippen LogP contribution is -2.32. The molecule has 1 N–H and O–H groups in total. The number of benzene rings is 1. The molecule has 1 aromatic carbocycles. The van der Waals surface area contributed by atoms with Crippen molar-refractivity contribution in [1.82, 2.24) is 5.32 Å². The Balaban J connectivity index is 2.03. The number of sulfone groups is 1. The molecule has 0 saturated carbocycles. The van der Waals surface area contributed by atoms with Gasteiger partial charge in [0.1, 0.15) is 0 Å². The molecule has 1 unspecified atom stereocenters. The second-order valence-electron chi connectivity index (χ2n) is 4.51. The van der Waals surface area contributed by atoms with E-state index in [4.69, 9.17) is 11.6 Å². The van der Waals surface area contributed by atoms with Crippen molar-refractivity contribution in [3.63, 3.8) is 0 Å². The van der Waals surface area contributed by atoms with Gasteiger partial charge in [-0.15, -0.1) is 0 Å². The first-order valence-electron chi connectivity index (χ1n) is 5.69. The molecule has 1 aliphatic rings. The standard InChI is InChI=1S/C12H16ClNO2S/c1-9(11-4-2-3-5-12(11)13)14-10-6-7-17(15,16)8-10/h2-5,9-10,14H,6-8H2,1H3/t9-,10?/m1/s1. The lowest BCUT2D eigenvalue weighted by atomic mass is 10.1. The Morgan fingerprint density at radius 1 is 1.41 bits per heavy atom. The third-order valence-electron chi connectivity index (χ3n) is 3.09. The van der Waals surface area contributed by atoms with Gasteiger partial charge in [0, 0.05) is 17.1 Å². The van der Waals surface area contributed by atoms with Gasteiger partial charge in [0.15, 0.2) is 9.84 Å². The second-order valence-corrected chi connectivity index (χ2v) is 7.15. The summed E-state index contributed by atoms with van der Waals surface area (Å²) in [5.41, 5.74) is 1.01. The van der Waals surface area contributed by atoms with Crippen molar-refractivity contribution in [2.24, 2.45) is 0 Å². The Morgan fingerprint density at radius 3 is 2.71 bits per heavy atom. The maximum atomic E-state index is 11.4. The van der Waals surface area contributed by atoms with E-state index >= 15 is 0 Å². The molecule has 1 fully saturated rings. The zero-order valence-electron chi connectivity index (χ0n) is 9.69. The van der Waals surface area contributed by atoms with Crippen molar-refractivity contribution in [1.29, 1.82) is 0 Å². The van der Waals surface area contributed by atoms with Crippen molar-refractivity contribution < 1.29 is 8.42 Å². The molecular weight excluding hydrogens is 258 g/mol. The molecule has 0 bridgehead atoms. The van der Waals surface area contributed by atoms with Crippen LogP contribution < -0.4 is 5.32 Å². The summed E-state index contributed by atoms with van der Waals surface area (Å²) in [5.74, 6) is 0.529. The molecule has 2 atom stereocenters. The zero-order chi connectivity index (χ0) is 12.5. The lowest BCUT2D eigenvalue weighted by Gasteiger charge is -2.19. The highest BCUT2D eigenvalue weighted by Crippen LogP contribution is 2.24. The molecule has 1 heterocycles. The van der Waals surface area contributed by atoms with Gasteiger partial charge < -0.3 is 5.32 Å². The minimum Gasteiger partial charge on any atom is -0.306 e. The average molecular weight is 274 g/mol. The van der Waals surface area contributed by atoms with E-state index in [0.717, 1.165) is 5.56 Å². The van der Waals surface area contributed by atoms with E-state index in [1.807, 2.05) is 31.2 Å². The van der Waals surface area contributed by atoms with E-state index in [-0.39, 0.29) is 17.8 Å². The van der Waals surface area contributed by atoms with E-state index in [1.165, 1.54) is 0 Å². The Hall–Kier alpha value is -0.580. The SMILES string of the molecule is C[C@@H](NC1CCS(=O)(=O)C1)c1ccccc1Cl. The number of nitrogens with one attached hydrogen (secondary N) is 1. The number of halogens is 1. The van der Waals surface area contributed by atoms with E-state index in [2.05, 4.69) is 5.32 Å². The van der Waals surface area contributed by atoms with E-state index in [0.29, 0.717) is 17.2 Å². The van der Waals surface area contributed by atoms with Crippen LogP contribution in [-0.4, -0.2) is 26.0 Å². The van der Waals surface area contributed by atoms with Crippen molar-refractivity contribution in [2.45, 2.75) is 25.4 Å². The van der Waals surface area contributed by atoms with Gasteiger partial charge in [-0.2, -0.15) is 0 Å². The van der Waals surface area contributed by atoms with Crippen molar-refractivity contribution in [2.75, 3.05) is 11.5 Å². The van der Waals surface area contributed by atoms with E-state index < -0.39 is 9.84 Å². The van der Waals surface area contributed by atoms with Crippen LogP contribution in [0, 0.1) is 0 Å². The predicted octanol–water partition coefficient (Wildman–Crippen LogP) is 2.18. The van der Waals surface area contributed by atoms with Crippen LogP contribution in [0.3, 0.4) is 0 Å². The second kappa shape index (κ2) is 4.96. The molecule has 5 heteroatoms. The Morgan fingerprint density at radius 2 is 2.12 bits per heavy atom. The highest BCUT2D eigenvalue weighted by Gasteiger charge is 2.28. The maximum absolute atomic E-state index is 11.4. The molecule has 2 rings (SSSR count). The molecule has 17 heavy (non-hydrogen) atoms. The summed E-state index contributed by atoms with van der Waals surface area (Å²) in [4.78, 5) is 0. The molecule has 0 spiro atoms. The highest BCUT2D eigenvalue weighted by atomic mass is 35.5. The van der Waals surface area contributed by atoms with Gasteiger partial charge in [-0.25, -0.2) is 8.42 Å². The minimum absolute atomic E-state index is 0.0475. The van der Waals surface area contributed by atoms with Crippen molar-refractivity contribution >= 4 is 21.4 Å². The fourth-order valence-electron chi connectivity index (χ4n) is 2.20. The van der Waals surface area contributed by atoms with Gasteiger partial charge in [0.2, 0.25) is 0 Å². The predicted molar refractivity (Wildman–Crippen MR) is 70.1 cm³/mol. The highest BCUT2D eigenvalue weighted by molar-refractivity contribution is 7.91. The first-order valence-corrected chi connectivity index (χ1v) is 7.89. The van der Waals surface area contributed by atoms with E-state index in [9.17, 15) is 8.42 Å². The van der Waals surface area contributed by atoms with Crippen LogP contribution in [0.1, 0.15) is 24.9 Å². The van der Waals surface area contributed by atoms with Crippen LogP contribution in [0.2, 0.25) is 5.02 Å². The Labute approximate surface area is 107 Å². The first kappa shape index (κ1) is 12.9. The van der Waals surface area contributed by atoms with Crippen molar-refractivity contribution in [3.05, 3.63) is 34.9 Å². The number of hydrogen-bond acceptors (Lipinski definition) is 3. The van der Waals surface area contributed by atoms with E-state index in [1.54, 1.807) is 0 Å². The summed E-state index contributed by atoms with van der Waals surface area (Å²) in [5, 5.41) is 4.04. The molecule has 1 aliphatic heterocycles. The topological polar surface area (TPSA) is 46.2 Å². The summed E-state index contributed by atoms with van der Waals surface area (Å²) in [7, 11) is -2.83. The first-order chi connectivity index (χ1) is 7.98. The van der Waals surface area contributed by atoms with Gasteiger partial charge in [-0.05, 0) is 25.0 Å². The van der Waals surface area contributed by atoms with Gasteiger partial charge >= 0.3 is 0 Å². The van der Waals surface area contributed by atoms with Gasteiger partial charge in [-0.1, -0.05) is 29.8 Å². The van der Waals surface area contributed by atoms with Crippen LogP contribution in [-0.2, 0) is 9.84 Å². The molecule has 0 radical (unpaired) electrons. The van der Waals surface area contributed by atoms with Gasteiger partial charge in [0.05, 0.1) is 11.5 Å². The summed E-state index contributed by atoms with van der Waals surface area (Å²) in [6, 6.07) is 7.75. The Kier molecular flexibility index (Phi) is 3.76. The molecule has 0 aromatic heterocycles. The van der Waals surface area contributed by atoms with Crippen LogP contribution in [0.15, 0.2) is 24.3 Å². The average Bonchev–Trinajstić information content (AvgIpc) is 2.58. The minimum atomic E-state index is -2.83. The maximum Gasteiger partial charge on any atom is 0.151 e. The molecular formula is C12H16ClNO2S. The lowest BCUT2D eigenvalue weighted by molar-refractivity contribution is 0.485. The zero-order valence-corrected chi connectivity index (χ0v) is 11.3. The quantitative estimate of drug-likeness (QED) is 0.918. The molecule has 94 valence electrons. The third kappa shape index (κ3) is 3.21. The number of hydrogen-bond donors (Lipinski definition) is 1. The van der Waals surface area contributed by atoms with Gasteiger partial charge in [0.25, 0.3) is 0 Å². The summed E-state index contributed by atoms with van der Waals surface area (Å²) >= 11 is 6.10. The number of rotatable bonds is 3. The monoisotopic (exact) mass is 273 g/mol. The molecule has 1 saturated heterocycles. The largest absolute Gasteiger partial charge is 0.306 e. The summed E-state index contributed by atoms with van der Waals surface area (Å²) in [6.07, 6.45) is 0.692. The molecule has 0 aliphatic carbocycles. The van der Waals surface area contributed by atoms with Crippen LogP contribution >= 0.6 is 11.6 Å². The van der Waals surface area contributed by atoms with Crippen LogP contribution in [0.4, 0.5) is 0 Å². The molecule has 1 aromatic rings. The van der Waals surface area contributed by atoms with Crippen LogP contribution in [0.5, 0.6) is 0 Å². The van der Waals surface area contributed by atoms with Crippen LogP contribution in [0.25, 0.3) is 0 Å². The third-order valence-corrected chi connectivity index (χ3v) is 5.20. The summed E-state index contributed by atoms with van der Waals surface area (Å²) < 4.78 is 22.7. The Bertz CT molecular complexity index is 501. The van der Waals surface area contributed by atoms with Gasteiger partial charge in [-0.3, -0.25) is 0 Å². The molecule has 0 amide bonds. The normalized spacial score (nSPS) is 24.7.